The van der Waals surface area contributed by atoms with Gasteiger partial charge in [0.15, 0.2) is 0 Å². The van der Waals surface area contributed by atoms with Crippen molar-refractivity contribution in [1.82, 2.24) is 25.2 Å². The van der Waals surface area contributed by atoms with Gasteiger partial charge in [-0.2, -0.15) is 0 Å². The second-order valence-corrected chi connectivity index (χ2v) is 5.07. The summed E-state index contributed by atoms with van der Waals surface area (Å²) in [5, 5.41) is 5.90. The quantitative estimate of drug-likeness (QED) is 0.786. The Kier molecular flexibility index (Phi) is 5.79. The van der Waals surface area contributed by atoms with Crippen LogP contribution in [0.5, 0.6) is 0 Å². The highest BCUT2D eigenvalue weighted by molar-refractivity contribution is 5.93. The molecule has 0 aliphatic rings. The standard InChI is InChI=1S/C15H20N6O/c1-21(2)7-6-17-15-19-10-13(11-20-15)14(22)18-9-12-4-3-5-16-8-12/h3-5,8,10-11H,6-7,9H2,1-2H3,(H,18,22)(H,17,19,20). The maximum Gasteiger partial charge on any atom is 0.254 e. The highest BCUT2D eigenvalue weighted by atomic mass is 16.1. The number of carbonyl (C=O) groups is 1. The molecule has 2 aromatic rings. The molecule has 0 bridgehead atoms. The number of pyridine rings is 1. The van der Waals surface area contributed by atoms with Gasteiger partial charge in [0.05, 0.1) is 5.56 Å². The molecular weight excluding hydrogens is 280 g/mol. The first-order valence-corrected chi connectivity index (χ1v) is 7.03. The summed E-state index contributed by atoms with van der Waals surface area (Å²) in [5.41, 5.74) is 1.38. The minimum atomic E-state index is -0.205. The molecule has 2 heterocycles. The average Bonchev–Trinajstić information content (AvgIpc) is 2.54. The Labute approximate surface area is 129 Å². The van der Waals surface area contributed by atoms with Crippen molar-refractivity contribution in [2.75, 3.05) is 32.5 Å². The first kappa shape index (κ1) is 15.8. The predicted octanol–water partition coefficient (Wildman–Crippen LogP) is 0.775. The molecule has 7 heteroatoms. The molecule has 7 nitrogen and oxygen atoms in total. The molecule has 0 atom stereocenters. The van der Waals surface area contributed by atoms with Crippen LogP contribution in [0, 0.1) is 0 Å². The lowest BCUT2D eigenvalue weighted by Crippen LogP contribution is -2.24. The van der Waals surface area contributed by atoms with Crippen molar-refractivity contribution >= 4 is 11.9 Å². The zero-order valence-corrected chi connectivity index (χ0v) is 12.8. The van der Waals surface area contributed by atoms with Crippen molar-refractivity contribution in [3.8, 4) is 0 Å². The summed E-state index contributed by atoms with van der Waals surface area (Å²) in [5.74, 6) is 0.314. The summed E-state index contributed by atoms with van der Waals surface area (Å²) in [6, 6.07) is 3.74. The lowest BCUT2D eigenvalue weighted by molar-refractivity contribution is 0.0950. The van der Waals surface area contributed by atoms with Crippen molar-refractivity contribution < 1.29 is 4.79 Å². The van der Waals surface area contributed by atoms with Gasteiger partial charge in [-0.1, -0.05) is 6.07 Å². The molecule has 0 aliphatic carbocycles. The number of aromatic nitrogens is 3. The van der Waals surface area contributed by atoms with Crippen LogP contribution in [-0.4, -0.2) is 52.9 Å². The smallest absolute Gasteiger partial charge is 0.254 e. The number of rotatable bonds is 7. The monoisotopic (exact) mass is 300 g/mol. The summed E-state index contributed by atoms with van der Waals surface area (Å²) in [6.07, 6.45) is 6.45. The van der Waals surface area contributed by atoms with Gasteiger partial charge in [0.1, 0.15) is 0 Å². The number of hydrogen-bond donors (Lipinski definition) is 2. The maximum absolute atomic E-state index is 12.0. The Morgan fingerprint density at radius 2 is 2.00 bits per heavy atom. The fourth-order valence-electron chi connectivity index (χ4n) is 1.71. The second-order valence-electron chi connectivity index (χ2n) is 5.07. The van der Waals surface area contributed by atoms with Crippen LogP contribution in [0.2, 0.25) is 0 Å². The van der Waals surface area contributed by atoms with Crippen LogP contribution in [0.4, 0.5) is 5.95 Å². The maximum atomic E-state index is 12.0. The molecule has 0 saturated carbocycles. The van der Waals surface area contributed by atoms with E-state index in [-0.39, 0.29) is 5.91 Å². The molecule has 2 N–H and O–H groups in total. The van der Waals surface area contributed by atoms with Crippen molar-refractivity contribution in [3.05, 3.63) is 48.0 Å². The third-order valence-corrected chi connectivity index (χ3v) is 2.93. The largest absolute Gasteiger partial charge is 0.353 e. The van der Waals surface area contributed by atoms with Crippen LogP contribution >= 0.6 is 0 Å². The van der Waals surface area contributed by atoms with E-state index in [2.05, 4.69) is 30.5 Å². The summed E-state index contributed by atoms with van der Waals surface area (Å²) in [4.78, 5) is 26.3. The zero-order valence-electron chi connectivity index (χ0n) is 12.8. The average molecular weight is 300 g/mol. The minimum absolute atomic E-state index is 0.205. The van der Waals surface area contributed by atoms with E-state index < -0.39 is 0 Å². The van der Waals surface area contributed by atoms with Crippen LogP contribution < -0.4 is 10.6 Å². The first-order valence-electron chi connectivity index (χ1n) is 7.03. The van der Waals surface area contributed by atoms with E-state index >= 15 is 0 Å². The Bertz CT molecular complexity index is 585. The lowest BCUT2D eigenvalue weighted by atomic mass is 10.2. The fraction of sp³-hybridized carbons (Fsp3) is 0.333. The third-order valence-electron chi connectivity index (χ3n) is 2.93. The molecule has 0 spiro atoms. The first-order chi connectivity index (χ1) is 10.6. The van der Waals surface area contributed by atoms with Crippen molar-refractivity contribution in [2.24, 2.45) is 0 Å². The molecule has 0 unspecified atom stereocenters. The fourth-order valence-corrected chi connectivity index (χ4v) is 1.71. The van der Waals surface area contributed by atoms with Crippen LogP contribution in [0.15, 0.2) is 36.9 Å². The van der Waals surface area contributed by atoms with Gasteiger partial charge in [-0.25, -0.2) is 9.97 Å². The van der Waals surface area contributed by atoms with E-state index in [1.165, 1.54) is 12.4 Å². The van der Waals surface area contributed by atoms with Gasteiger partial charge >= 0.3 is 0 Å². The number of nitrogens with zero attached hydrogens (tertiary/aromatic N) is 4. The van der Waals surface area contributed by atoms with E-state index in [1.807, 2.05) is 26.2 Å². The van der Waals surface area contributed by atoms with Gasteiger partial charge in [0, 0.05) is 44.4 Å². The van der Waals surface area contributed by atoms with Gasteiger partial charge in [-0.15, -0.1) is 0 Å². The number of carbonyl (C=O) groups excluding carboxylic acids is 1. The highest BCUT2D eigenvalue weighted by Gasteiger charge is 2.07. The molecule has 2 aromatic heterocycles. The summed E-state index contributed by atoms with van der Waals surface area (Å²) in [7, 11) is 4.00. The van der Waals surface area contributed by atoms with Gasteiger partial charge in [0.2, 0.25) is 5.95 Å². The topological polar surface area (TPSA) is 83.0 Å². The van der Waals surface area contributed by atoms with Crippen LogP contribution in [0.25, 0.3) is 0 Å². The van der Waals surface area contributed by atoms with Gasteiger partial charge < -0.3 is 15.5 Å². The Hall–Kier alpha value is -2.54. The van der Waals surface area contributed by atoms with E-state index in [0.29, 0.717) is 18.1 Å². The number of amides is 1. The second kappa shape index (κ2) is 8.04. The van der Waals surface area contributed by atoms with Crippen molar-refractivity contribution in [1.29, 1.82) is 0 Å². The number of likely N-dealkylation sites (N-methyl/N-ethyl adjacent to an activating group) is 1. The molecular formula is C15H20N6O. The number of anilines is 1. The highest BCUT2D eigenvalue weighted by Crippen LogP contribution is 2.01. The Balaban J connectivity index is 1.83. The van der Waals surface area contributed by atoms with E-state index in [0.717, 1.165) is 18.7 Å². The van der Waals surface area contributed by atoms with E-state index in [1.54, 1.807) is 12.4 Å². The van der Waals surface area contributed by atoms with Crippen molar-refractivity contribution in [2.45, 2.75) is 6.54 Å². The zero-order chi connectivity index (χ0) is 15.8. The van der Waals surface area contributed by atoms with E-state index in [9.17, 15) is 4.79 Å². The van der Waals surface area contributed by atoms with Crippen LogP contribution in [-0.2, 0) is 6.54 Å². The molecule has 0 saturated heterocycles. The predicted molar refractivity (Wildman–Crippen MR) is 84.5 cm³/mol. The number of hydrogen-bond acceptors (Lipinski definition) is 6. The normalized spacial score (nSPS) is 10.5. The molecule has 116 valence electrons. The summed E-state index contributed by atoms with van der Waals surface area (Å²) in [6.45, 7) is 2.06. The van der Waals surface area contributed by atoms with Gasteiger partial charge in [-0.3, -0.25) is 9.78 Å². The summed E-state index contributed by atoms with van der Waals surface area (Å²) < 4.78 is 0. The molecule has 0 aliphatic heterocycles. The molecule has 22 heavy (non-hydrogen) atoms. The Morgan fingerprint density at radius 1 is 1.23 bits per heavy atom. The molecule has 0 aromatic carbocycles. The Morgan fingerprint density at radius 3 is 2.64 bits per heavy atom. The molecule has 2 rings (SSSR count). The third kappa shape index (κ3) is 5.10. The number of nitrogens with one attached hydrogen (secondary N) is 2. The minimum Gasteiger partial charge on any atom is -0.353 e. The lowest BCUT2D eigenvalue weighted by Gasteiger charge is -2.10. The SMILES string of the molecule is CN(C)CCNc1ncc(C(=O)NCc2cccnc2)cn1. The van der Waals surface area contributed by atoms with Crippen molar-refractivity contribution in [3.63, 3.8) is 0 Å². The molecule has 1 amide bonds. The van der Waals surface area contributed by atoms with E-state index in [4.69, 9.17) is 0 Å². The summed E-state index contributed by atoms with van der Waals surface area (Å²) >= 11 is 0. The van der Waals surface area contributed by atoms with Gasteiger partial charge in [0.25, 0.3) is 5.91 Å². The molecule has 0 radical (unpaired) electrons. The van der Waals surface area contributed by atoms with Crippen LogP contribution in [0.1, 0.15) is 15.9 Å². The molecule has 0 fully saturated rings. The van der Waals surface area contributed by atoms with Gasteiger partial charge in [-0.05, 0) is 25.7 Å². The van der Waals surface area contributed by atoms with Crippen LogP contribution in [0.3, 0.4) is 0 Å².